The van der Waals surface area contributed by atoms with Crippen molar-refractivity contribution in [3.8, 4) is 0 Å². The molecule has 6 nitrogen and oxygen atoms in total. The lowest BCUT2D eigenvalue weighted by atomic mass is 9.92. The van der Waals surface area contributed by atoms with Gasteiger partial charge in [0.1, 0.15) is 0 Å². The van der Waals surface area contributed by atoms with Gasteiger partial charge in [-0.1, -0.05) is 0 Å². The van der Waals surface area contributed by atoms with Gasteiger partial charge in [0, 0.05) is 32.8 Å². The topological polar surface area (TPSA) is 73.2 Å². The van der Waals surface area contributed by atoms with E-state index in [0.29, 0.717) is 6.54 Å². The molecule has 0 unspecified atom stereocenters. The first-order valence-electron chi connectivity index (χ1n) is 7.41. The molecule has 0 spiro atoms. The van der Waals surface area contributed by atoms with E-state index >= 15 is 0 Å². The first-order chi connectivity index (χ1) is 9.54. The number of nitrogens with zero attached hydrogens (tertiary/aromatic N) is 2. The van der Waals surface area contributed by atoms with Gasteiger partial charge in [-0.15, -0.1) is 0 Å². The van der Waals surface area contributed by atoms with Gasteiger partial charge >= 0.3 is 6.09 Å². The summed E-state index contributed by atoms with van der Waals surface area (Å²) in [5.74, 6) is 0. The van der Waals surface area contributed by atoms with E-state index < -0.39 is 6.09 Å². The van der Waals surface area contributed by atoms with Crippen LogP contribution in [-0.2, 0) is 4.74 Å². The molecule has 0 aromatic rings. The van der Waals surface area contributed by atoms with Gasteiger partial charge in [-0.25, -0.2) is 4.79 Å². The van der Waals surface area contributed by atoms with Crippen LogP contribution in [0.1, 0.15) is 32.1 Å². The third-order valence-electron chi connectivity index (χ3n) is 4.01. The van der Waals surface area contributed by atoms with Crippen LogP contribution in [0.3, 0.4) is 0 Å². The summed E-state index contributed by atoms with van der Waals surface area (Å²) in [4.78, 5) is 14.4. The Balaban J connectivity index is 2.09. The minimum absolute atomic E-state index is 0.142. The molecule has 1 rings (SSSR count). The Kier molecular flexibility index (Phi) is 7.87. The van der Waals surface area contributed by atoms with Crippen molar-refractivity contribution in [1.29, 1.82) is 0 Å². The summed E-state index contributed by atoms with van der Waals surface area (Å²) < 4.78 is 5.84. The summed E-state index contributed by atoms with van der Waals surface area (Å²) in [5, 5.41) is 17.7. The highest BCUT2D eigenvalue weighted by Gasteiger charge is 2.26. The van der Waals surface area contributed by atoms with E-state index in [1.807, 2.05) is 7.05 Å². The van der Waals surface area contributed by atoms with Crippen molar-refractivity contribution in [3.63, 3.8) is 0 Å². The lowest BCUT2D eigenvalue weighted by Gasteiger charge is -2.33. The second kappa shape index (κ2) is 9.15. The van der Waals surface area contributed by atoms with Crippen molar-refractivity contribution in [1.82, 2.24) is 9.80 Å². The number of aliphatic hydroxyl groups is 1. The molecule has 0 bridgehead atoms. The lowest BCUT2D eigenvalue weighted by molar-refractivity contribution is 0.00825. The summed E-state index contributed by atoms with van der Waals surface area (Å²) in [6, 6.07) is 0.142. The molecule has 0 aromatic carbocycles. The Morgan fingerprint density at radius 3 is 2.40 bits per heavy atom. The van der Waals surface area contributed by atoms with Crippen molar-refractivity contribution >= 4 is 6.09 Å². The molecule has 118 valence electrons. The van der Waals surface area contributed by atoms with Crippen LogP contribution in [-0.4, -0.2) is 78.7 Å². The summed E-state index contributed by atoms with van der Waals surface area (Å²) >= 11 is 0. The van der Waals surface area contributed by atoms with E-state index in [0.717, 1.165) is 45.3 Å². The molecular weight excluding hydrogens is 260 g/mol. The number of carboxylic acid groups (broad SMARTS) is 1. The van der Waals surface area contributed by atoms with Crippen LogP contribution >= 0.6 is 0 Å². The number of hydrogen-bond donors (Lipinski definition) is 2. The van der Waals surface area contributed by atoms with Crippen LogP contribution in [0.25, 0.3) is 0 Å². The smallest absolute Gasteiger partial charge is 0.407 e. The van der Waals surface area contributed by atoms with Gasteiger partial charge in [-0.2, -0.15) is 0 Å². The molecule has 0 heterocycles. The van der Waals surface area contributed by atoms with Gasteiger partial charge in [-0.3, -0.25) is 0 Å². The van der Waals surface area contributed by atoms with Gasteiger partial charge in [0.25, 0.3) is 0 Å². The number of rotatable bonds is 8. The van der Waals surface area contributed by atoms with E-state index in [1.54, 1.807) is 7.05 Å². The van der Waals surface area contributed by atoms with Crippen LogP contribution < -0.4 is 0 Å². The predicted octanol–water partition coefficient (Wildman–Crippen LogP) is 1.24. The lowest BCUT2D eigenvalue weighted by Crippen LogP contribution is -2.40. The Morgan fingerprint density at radius 2 is 1.85 bits per heavy atom. The van der Waals surface area contributed by atoms with Gasteiger partial charge in [0.15, 0.2) is 0 Å². The number of amides is 1. The fourth-order valence-electron chi connectivity index (χ4n) is 2.62. The minimum atomic E-state index is -0.846. The van der Waals surface area contributed by atoms with E-state index in [4.69, 9.17) is 14.9 Å². The number of aliphatic hydroxyl groups excluding tert-OH is 1. The summed E-state index contributed by atoms with van der Waals surface area (Å²) in [5.41, 5.74) is 0. The number of likely N-dealkylation sites (N-methyl/N-ethyl adjacent to an activating group) is 1. The highest BCUT2D eigenvalue weighted by molar-refractivity contribution is 5.64. The quantitative estimate of drug-likeness (QED) is 0.657. The van der Waals surface area contributed by atoms with Gasteiger partial charge < -0.3 is 24.7 Å². The fraction of sp³-hybridized carbons (Fsp3) is 0.929. The molecule has 0 radical (unpaired) electrons. The third kappa shape index (κ3) is 6.07. The predicted molar refractivity (Wildman–Crippen MR) is 77.0 cm³/mol. The van der Waals surface area contributed by atoms with Crippen molar-refractivity contribution < 1.29 is 19.7 Å². The maximum Gasteiger partial charge on any atom is 0.407 e. The molecule has 1 fully saturated rings. The zero-order valence-electron chi connectivity index (χ0n) is 12.6. The Labute approximate surface area is 121 Å². The van der Waals surface area contributed by atoms with Crippen molar-refractivity contribution in [2.24, 2.45) is 0 Å². The molecular formula is C14H28N2O4. The molecule has 0 atom stereocenters. The molecule has 0 saturated heterocycles. The Morgan fingerprint density at radius 1 is 1.20 bits per heavy atom. The molecule has 20 heavy (non-hydrogen) atoms. The zero-order chi connectivity index (χ0) is 15.0. The van der Waals surface area contributed by atoms with Crippen molar-refractivity contribution in [2.75, 3.05) is 40.4 Å². The average molecular weight is 288 g/mol. The van der Waals surface area contributed by atoms with Gasteiger partial charge in [0.2, 0.25) is 0 Å². The average Bonchev–Trinajstić information content (AvgIpc) is 2.43. The first-order valence-corrected chi connectivity index (χ1v) is 7.41. The molecule has 6 heteroatoms. The normalized spacial score (nSPS) is 23.0. The fourth-order valence-corrected chi connectivity index (χ4v) is 2.62. The molecule has 0 aromatic heterocycles. The maximum absolute atomic E-state index is 10.9. The van der Waals surface area contributed by atoms with Crippen LogP contribution in [0.15, 0.2) is 0 Å². The third-order valence-corrected chi connectivity index (χ3v) is 4.01. The maximum atomic E-state index is 10.9. The zero-order valence-corrected chi connectivity index (χ0v) is 12.6. The van der Waals surface area contributed by atoms with Crippen LogP contribution in [0, 0.1) is 0 Å². The number of carbonyl (C=O) groups is 1. The van der Waals surface area contributed by atoms with Gasteiger partial charge in [0.05, 0.1) is 12.7 Å². The molecule has 1 saturated carbocycles. The van der Waals surface area contributed by atoms with Crippen molar-refractivity contribution in [3.05, 3.63) is 0 Å². The second-order valence-electron chi connectivity index (χ2n) is 5.58. The second-order valence-corrected chi connectivity index (χ2v) is 5.58. The summed E-state index contributed by atoms with van der Waals surface area (Å²) in [6.45, 7) is 2.56. The Bertz CT molecular complexity index is 280. The first kappa shape index (κ1) is 17.2. The molecule has 2 N–H and O–H groups in total. The molecule has 0 aliphatic heterocycles. The highest BCUT2D eigenvalue weighted by Crippen LogP contribution is 2.24. The molecule has 1 amide bonds. The van der Waals surface area contributed by atoms with E-state index in [2.05, 4.69) is 4.90 Å². The highest BCUT2D eigenvalue weighted by atomic mass is 16.5. The SMILES string of the molecule is CN(CCO)CCCOC1CCC(N(C)C(=O)O)CC1. The van der Waals surface area contributed by atoms with Crippen LogP contribution in [0.2, 0.25) is 0 Å². The minimum Gasteiger partial charge on any atom is -0.465 e. The standard InChI is InChI=1S/C14H28N2O4/c1-15(9-10-17)8-3-11-20-13-6-4-12(5-7-13)16(2)14(18)19/h12-13,17H,3-11H2,1-2H3,(H,18,19). The van der Waals surface area contributed by atoms with Crippen molar-refractivity contribution in [2.45, 2.75) is 44.2 Å². The molecule has 1 aliphatic carbocycles. The largest absolute Gasteiger partial charge is 0.465 e. The van der Waals surface area contributed by atoms with E-state index in [9.17, 15) is 4.79 Å². The summed E-state index contributed by atoms with van der Waals surface area (Å²) in [7, 11) is 3.63. The number of ether oxygens (including phenoxy) is 1. The number of hydrogen-bond acceptors (Lipinski definition) is 4. The van der Waals surface area contributed by atoms with Crippen LogP contribution in [0.5, 0.6) is 0 Å². The Hall–Kier alpha value is -0.850. The summed E-state index contributed by atoms with van der Waals surface area (Å²) in [6.07, 6.45) is 4.04. The van der Waals surface area contributed by atoms with E-state index in [-0.39, 0.29) is 18.8 Å². The molecule has 1 aliphatic rings. The van der Waals surface area contributed by atoms with E-state index in [1.165, 1.54) is 4.90 Å². The monoisotopic (exact) mass is 288 g/mol. The van der Waals surface area contributed by atoms with Gasteiger partial charge in [-0.05, 0) is 39.2 Å². The van der Waals surface area contributed by atoms with Crippen LogP contribution in [0.4, 0.5) is 4.79 Å².